The number of methoxy groups -OCH3 is 1. The van der Waals surface area contributed by atoms with Crippen molar-refractivity contribution in [2.75, 3.05) is 14.2 Å². The van der Waals surface area contributed by atoms with Gasteiger partial charge in [-0.3, -0.25) is 4.79 Å². The molecule has 0 unspecified atom stereocenters. The van der Waals surface area contributed by atoms with Crippen LogP contribution in [-0.2, 0) is 15.0 Å². The van der Waals surface area contributed by atoms with Crippen LogP contribution in [-0.4, -0.2) is 55.5 Å². The van der Waals surface area contributed by atoms with Gasteiger partial charge in [0.25, 0.3) is 5.91 Å². The first-order valence-electron chi connectivity index (χ1n) is 9.02. The fraction of sp³-hybridized carbons (Fsp3) is 0.474. The summed E-state index contributed by atoms with van der Waals surface area (Å²) in [5, 5.41) is 0. The third-order valence-corrected chi connectivity index (χ3v) is 6.50. The van der Waals surface area contributed by atoms with Crippen LogP contribution in [0.5, 0.6) is 5.75 Å². The molecule has 0 N–H and O–H groups in total. The highest BCUT2D eigenvalue weighted by molar-refractivity contribution is 7.88. The van der Waals surface area contributed by atoms with Crippen LogP contribution in [0, 0.1) is 0 Å². The third-order valence-electron chi connectivity index (χ3n) is 5.19. The number of allylic oxidation sites excluding steroid dienone is 1. The van der Waals surface area contributed by atoms with Gasteiger partial charge in [0, 0.05) is 24.7 Å². The van der Waals surface area contributed by atoms with E-state index in [4.69, 9.17) is 4.74 Å². The van der Waals surface area contributed by atoms with Crippen molar-refractivity contribution in [3.8, 4) is 5.75 Å². The Morgan fingerprint density at radius 1 is 1.22 bits per heavy atom. The Labute approximate surface area is 160 Å². The summed E-state index contributed by atoms with van der Waals surface area (Å²) in [6.07, 6.45) is 4.44. The number of hydrogen-bond donors (Lipinski definition) is 0. The number of hydrogen-bond acceptors (Lipinski definition) is 4. The molecule has 0 aromatic heterocycles. The second kappa shape index (κ2) is 7.34. The molecule has 0 saturated carbocycles. The van der Waals surface area contributed by atoms with Gasteiger partial charge in [-0.25, -0.2) is 4.31 Å². The lowest BCUT2D eigenvalue weighted by Crippen LogP contribution is -2.50. The topological polar surface area (TPSA) is 79.3 Å². The molecule has 146 valence electrons. The molecule has 7 nitrogen and oxygen atoms in total. The highest BCUT2D eigenvalue weighted by Crippen LogP contribution is 2.28. The lowest BCUT2D eigenvalue weighted by Gasteiger charge is -2.40. The number of carbonyl (C=O) groups excluding carboxylic acids is 1. The van der Waals surface area contributed by atoms with Crippen LogP contribution >= 0.6 is 0 Å². The fourth-order valence-corrected chi connectivity index (χ4v) is 4.53. The van der Waals surface area contributed by atoms with Crippen molar-refractivity contribution in [1.82, 2.24) is 9.21 Å². The van der Waals surface area contributed by atoms with E-state index in [0.29, 0.717) is 11.3 Å². The average Bonchev–Trinajstić information content (AvgIpc) is 2.63. The zero-order chi connectivity index (χ0) is 19.8. The third kappa shape index (κ3) is 3.71. The zero-order valence-corrected chi connectivity index (χ0v) is 16.9. The predicted molar refractivity (Wildman–Crippen MR) is 104 cm³/mol. The van der Waals surface area contributed by atoms with Gasteiger partial charge in [0.1, 0.15) is 11.4 Å². The lowest BCUT2D eigenvalue weighted by molar-refractivity contribution is -0.134. The number of likely N-dealkylation sites (tertiary alicyclic amines) is 1. The van der Waals surface area contributed by atoms with E-state index in [-0.39, 0.29) is 29.4 Å². The standard InChI is InChI=1S/C19H25N3O4S/c1-13-7-5-8-14(2)22(13)19(23)18-12-17(20-27(24,25)21(18)3)15-9-6-10-16(11-15)26-4/h6,9-14H,5,7-8H2,1-4H3/t13-,14-/m1/s1. The molecular weight excluding hydrogens is 366 g/mol. The number of nitrogens with zero attached hydrogens (tertiary/aromatic N) is 3. The Bertz CT molecular complexity index is 897. The summed E-state index contributed by atoms with van der Waals surface area (Å²) in [5.41, 5.74) is 0.923. The molecule has 0 spiro atoms. The molecule has 0 radical (unpaired) electrons. The van der Waals surface area contributed by atoms with Gasteiger partial charge in [-0.15, -0.1) is 4.40 Å². The molecule has 0 bridgehead atoms. The Morgan fingerprint density at radius 2 is 1.89 bits per heavy atom. The second-order valence-corrected chi connectivity index (χ2v) is 8.65. The van der Waals surface area contributed by atoms with E-state index in [1.807, 2.05) is 13.8 Å². The molecule has 2 aliphatic rings. The number of rotatable bonds is 3. The summed E-state index contributed by atoms with van der Waals surface area (Å²) in [4.78, 5) is 15.0. The van der Waals surface area contributed by atoms with Crippen molar-refractivity contribution in [3.63, 3.8) is 0 Å². The van der Waals surface area contributed by atoms with Gasteiger partial charge in [-0.2, -0.15) is 8.42 Å². The number of benzene rings is 1. The van der Waals surface area contributed by atoms with Crippen molar-refractivity contribution < 1.29 is 17.9 Å². The van der Waals surface area contributed by atoms with Crippen LogP contribution in [0.4, 0.5) is 0 Å². The van der Waals surface area contributed by atoms with E-state index >= 15 is 0 Å². The number of ether oxygens (including phenoxy) is 1. The Balaban J connectivity index is 2.04. The first kappa shape index (κ1) is 19.4. The number of amides is 1. The molecule has 1 aromatic carbocycles. The van der Waals surface area contributed by atoms with Crippen molar-refractivity contribution in [3.05, 3.63) is 41.6 Å². The van der Waals surface area contributed by atoms with Crippen LogP contribution in [0.25, 0.3) is 0 Å². The van der Waals surface area contributed by atoms with E-state index in [0.717, 1.165) is 23.6 Å². The molecule has 1 saturated heterocycles. The molecule has 3 rings (SSSR count). The van der Waals surface area contributed by atoms with Crippen LogP contribution in [0.3, 0.4) is 0 Å². The van der Waals surface area contributed by atoms with Crippen LogP contribution in [0.2, 0.25) is 0 Å². The first-order chi connectivity index (χ1) is 12.7. The molecule has 2 aliphatic heterocycles. The number of carbonyl (C=O) groups is 1. The molecule has 1 fully saturated rings. The highest BCUT2D eigenvalue weighted by atomic mass is 32.2. The molecule has 2 heterocycles. The molecule has 2 atom stereocenters. The zero-order valence-electron chi connectivity index (χ0n) is 16.0. The summed E-state index contributed by atoms with van der Waals surface area (Å²) in [7, 11) is -1.08. The predicted octanol–water partition coefficient (Wildman–Crippen LogP) is 2.35. The van der Waals surface area contributed by atoms with Gasteiger partial charge < -0.3 is 9.64 Å². The normalized spacial score (nSPS) is 24.9. The summed E-state index contributed by atoms with van der Waals surface area (Å²) in [6, 6.07) is 7.10. The molecular formula is C19H25N3O4S. The monoisotopic (exact) mass is 391 g/mol. The van der Waals surface area contributed by atoms with Crippen molar-refractivity contribution in [2.45, 2.75) is 45.2 Å². The van der Waals surface area contributed by atoms with E-state index in [2.05, 4.69) is 4.40 Å². The van der Waals surface area contributed by atoms with E-state index in [1.54, 1.807) is 35.2 Å². The van der Waals surface area contributed by atoms with Gasteiger partial charge in [0.05, 0.1) is 12.8 Å². The largest absolute Gasteiger partial charge is 0.497 e. The Morgan fingerprint density at radius 3 is 2.52 bits per heavy atom. The maximum Gasteiger partial charge on any atom is 0.345 e. The maximum atomic E-state index is 13.2. The average molecular weight is 391 g/mol. The van der Waals surface area contributed by atoms with Gasteiger partial charge >= 0.3 is 10.2 Å². The Hall–Kier alpha value is -2.35. The lowest BCUT2D eigenvalue weighted by atomic mass is 9.97. The van der Waals surface area contributed by atoms with Crippen LogP contribution < -0.4 is 4.74 Å². The van der Waals surface area contributed by atoms with Crippen molar-refractivity contribution in [1.29, 1.82) is 0 Å². The maximum absolute atomic E-state index is 13.2. The molecule has 1 amide bonds. The second-order valence-electron chi connectivity index (χ2n) is 7.02. The van der Waals surface area contributed by atoms with Crippen molar-refractivity contribution >= 4 is 21.8 Å². The summed E-state index contributed by atoms with van der Waals surface area (Å²) in [6.45, 7) is 4.00. The number of likely N-dealkylation sites (N-methyl/N-ethyl adjacent to an activating group) is 1. The van der Waals surface area contributed by atoms with Crippen LogP contribution in [0.1, 0.15) is 38.7 Å². The highest BCUT2D eigenvalue weighted by Gasteiger charge is 2.36. The molecule has 8 heteroatoms. The van der Waals surface area contributed by atoms with Gasteiger partial charge in [0.15, 0.2) is 0 Å². The minimum atomic E-state index is -3.98. The molecule has 1 aromatic rings. The Kier molecular flexibility index (Phi) is 5.28. The van der Waals surface area contributed by atoms with E-state index in [1.165, 1.54) is 14.2 Å². The minimum absolute atomic E-state index is 0.0670. The summed E-state index contributed by atoms with van der Waals surface area (Å²) >= 11 is 0. The minimum Gasteiger partial charge on any atom is -0.497 e. The smallest absolute Gasteiger partial charge is 0.345 e. The number of piperidine rings is 1. The summed E-state index contributed by atoms with van der Waals surface area (Å²) in [5.74, 6) is 0.308. The molecule has 0 aliphatic carbocycles. The van der Waals surface area contributed by atoms with Crippen LogP contribution in [0.15, 0.2) is 40.4 Å². The van der Waals surface area contributed by atoms with E-state index in [9.17, 15) is 13.2 Å². The quantitative estimate of drug-likeness (QED) is 0.792. The summed E-state index contributed by atoms with van der Waals surface area (Å²) < 4.78 is 35.2. The van der Waals surface area contributed by atoms with E-state index < -0.39 is 10.2 Å². The van der Waals surface area contributed by atoms with Crippen molar-refractivity contribution in [2.24, 2.45) is 4.40 Å². The fourth-order valence-electron chi connectivity index (χ4n) is 3.63. The van der Waals surface area contributed by atoms with Gasteiger partial charge in [-0.1, -0.05) is 12.1 Å². The first-order valence-corrected chi connectivity index (χ1v) is 10.4. The van der Waals surface area contributed by atoms with Gasteiger partial charge in [-0.05, 0) is 51.3 Å². The van der Waals surface area contributed by atoms with Gasteiger partial charge in [0.2, 0.25) is 0 Å². The SMILES string of the molecule is COc1cccc(C2=NS(=O)(=O)N(C)C(C(=O)N3[C@H](C)CCC[C@H]3C)=C2)c1. The molecule has 27 heavy (non-hydrogen) atoms.